The first kappa shape index (κ1) is 23.9. The maximum absolute atomic E-state index is 12.2. The molecule has 0 spiro atoms. The Bertz CT molecular complexity index is 465. The van der Waals surface area contributed by atoms with Gasteiger partial charge in [0.15, 0.2) is 14.4 Å². The molecule has 2 N–H and O–H groups in total. The Balaban J connectivity index is 5.55. The number of amides is 1. The smallest absolute Gasteiger partial charge is 0.407 e. The lowest BCUT2D eigenvalue weighted by Crippen LogP contribution is -2.57. The molecule has 0 saturated carbocycles. The maximum Gasteiger partial charge on any atom is 0.407 e. The Labute approximate surface area is 153 Å². The number of carbonyl (C=O) groups is 2. The van der Waals surface area contributed by atoms with Crippen LogP contribution < -0.4 is 5.32 Å². The number of nitrogens with one attached hydrogen (secondary N) is 1. The van der Waals surface area contributed by atoms with Gasteiger partial charge in [-0.2, -0.15) is 0 Å². The number of alkyl carbamates (subject to hydrolysis) is 1. The van der Waals surface area contributed by atoms with Gasteiger partial charge in [-0.25, -0.2) is 9.59 Å². The highest BCUT2D eigenvalue weighted by Gasteiger charge is 2.44. The van der Waals surface area contributed by atoms with Crippen LogP contribution in [0.25, 0.3) is 0 Å². The molecule has 0 aromatic rings. The number of hydrogen-bond donors (Lipinski definition) is 2. The van der Waals surface area contributed by atoms with Gasteiger partial charge >= 0.3 is 12.1 Å². The van der Waals surface area contributed by atoms with Gasteiger partial charge in [0.2, 0.25) is 0 Å². The van der Waals surface area contributed by atoms with E-state index in [0.717, 1.165) is 0 Å². The highest BCUT2D eigenvalue weighted by atomic mass is 28.4. The van der Waals surface area contributed by atoms with E-state index in [1.54, 1.807) is 20.8 Å². The predicted molar refractivity (Wildman–Crippen MR) is 102 cm³/mol. The molecule has 148 valence electrons. The average Bonchev–Trinajstić information content (AvgIpc) is 2.38. The molecule has 0 aromatic carbocycles. The van der Waals surface area contributed by atoms with E-state index in [-0.39, 0.29) is 11.0 Å². The van der Waals surface area contributed by atoms with Crippen LogP contribution in [-0.4, -0.2) is 43.2 Å². The van der Waals surface area contributed by atoms with E-state index in [0.29, 0.717) is 6.42 Å². The van der Waals surface area contributed by atoms with Crippen molar-refractivity contribution in [2.45, 2.75) is 97.7 Å². The van der Waals surface area contributed by atoms with Crippen molar-refractivity contribution in [3.05, 3.63) is 0 Å². The van der Waals surface area contributed by atoms with Crippen LogP contribution >= 0.6 is 0 Å². The van der Waals surface area contributed by atoms with Gasteiger partial charge in [0.1, 0.15) is 5.60 Å². The van der Waals surface area contributed by atoms with Crippen molar-refractivity contribution in [3.8, 4) is 0 Å². The topological polar surface area (TPSA) is 84.9 Å². The summed E-state index contributed by atoms with van der Waals surface area (Å²) in [5, 5.41) is 12.4. The molecule has 3 atom stereocenters. The minimum Gasteiger partial charge on any atom is -0.479 e. The van der Waals surface area contributed by atoms with Crippen molar-refractivity contribution in [2.24, 2.45) is 5.92 Å². The van der Waals surface area contributed by atoms with Gasteiger partial charge in [0.05, 0.1) is 6.04 Å². The van der Waals surface area contributed by atoms with Crippen LogP contribution in [0, 0.1) is 5.92 Å². The molecule has 0 saturated heterocycles. The number of ether oxygens (including phenoxy) is 1. The van der Waals surface area contributed by atoms with Crippen LogP contribution in [0.3, 0.4) is 0 Å². The van der Waals surface area contributed by atoms with Crippen molar-refractivity contribution in [2.75, 3.05) is 0 Å². The minimum absolute atomic E-state index is 0.0709. The zero-order valence-corrected chi connectivity index (χ0v) is 18.5. The van der Waals surface area contributed by atoms with Gasteiger partial charge in [-0.05, 0) is 44.8 Å². The highest BCUT2D eigenvalue weighted by molar-refractivity contribution is 6.74. The quantitative estimate of drug-likeness (QED) is 0.644. The molecule has 0 aliphatic rings. The first-order valence-corrected chi connectivity index (χ1v) is 11.8. The third-order valence-corrected chi connectivity index (χ3v) is 9.19. The van der Waals surface area contributed by atoms with Crippen LogP contribution in [0.1, 0.15) is 61.8 Å². The molecule has 6 nitrogen and oxygen atoms in total. The van der Waals surface area contributed by atoms with E-state index < -0.39 is 38.1 Å². The van der Waals surface area contributed by atoms with Gasteiger partial charge in [0, 0.05) is 0 Å². The van der Waals surface area contributed by atoms with Crippen LogP contribution in [0.5, 0.6) is 0 Å². The van der Waals surface area contributed by atoms with E-state index in [1.807, 2.05) is 26.9 Å². The normalized spacial score (nSPS) is 16.7. The SMILES string of the molecule is CC[C@@H](C)[C@@H](NC(=O)OC(C)(C)C)[C@@H](O[Si](C)(C)C(C)(C)C)C(=O)O. The summed E-state index contributed by atoms with van der Waals surface area (Å²) < 4.78 is 11.5. The maximum atomic E-state index is 12.2. The van der Waals surface area contributed by atoms with Gasteiger partial charge in [-0.3, -0.25) is 0 Å². The number of carbonyl (C=O) groups excluding carboxylic acids is 1. The van der Waals surface area contributed by atoms with Gasteiger partial charge in [-0.1, -0.05) is 41.0 Å². The fourth-order valence-electron chi connectivity index (χ4n) is 1.99. The monoisotopic (exact) mass is 375 g/mol. The summed E-state index contributed by atoms with van der Waals surface area (Å²) in [7, 11) is -2.32. The summed E-state index contributed by atoms with van der Waals surface area (Å²) >= 11 is 0. The zero-order chi connectivity index (χ0) is 20.2. The Morgan fingerprint density at radius 2 is 1.60 bits per heavy atom. The molecule has 0 rings (SSSR count). The second-order valence-electron chi connectivity index (χ2n) is 9.19. The fourth-order valence-corrected chi connectivity index (χ4v) is 3.22. The molecule has 0 aliphatic heterocycles. The lowest BCUT2D eigenvalue weighted by Gasteiger charge is -2.41. The molecule has 0 bridgehead atoms. The summed E-state index contributed by atoms with van der Waals surface area (Å²) in [5.41, 5.74) is -0.650. The van der Waals surface area contributed by atoms with Gasteiger partial charge in [-0.15, -0.1) is 0 Å². The number of carboxylic acid groups (broad SMARTS) is 1. The molecule has 1 amide bonds. The van der Waals surface area contributed by atoms with Crippen molar-refractivity contribution >= 4 is 20.4 Å². The predicted octanol–water partition coefficient (Wildman–Crippen LogP) is 4.40. The number of rotatable bonds is 7. The molecule has 0 aromatic heterocycles. The second-order valence-corrected chi connectivity index (χ2v) is 14.0. The highest BCUT2D eigenvalue weighted by Crippen LogP contribution is 2.38. The molecule has 0 aliphatic carbocycles. The molecule has 7 heteroatoms. The van der Waals surface area contributed by atoms with E-state index in [2.05, 4.69) is 26.1 Å². The Morgan fingerprint density at radius 3 is 1.92 bits per heavy atom. The zero-order valence-electron chi connectivity index (χ0n) is 17.5. The third kappa shape index (κ3) is 7.77. The van der Waals surface area contributed by atoms with Gasteiger partial charge in [0.25, 0.3) is 0 Å². The molecule has 0 radical (unpaired) electrons. The summed E-state index contributed by atoms with van der Waals surface area (Å²) in [5.74, 6) is -1.13. The lowest BCUT2D eigenvalue weighted by molar-refractivity contribution is -0.147. The van der Waals surface area contributed by atoms with E-state index in [9.17, 15) is 14.7 Å². The second kappa shape index (κ2) is 8.53. The standard InChI is InChI=1S/C18H37NO5Si/c1-11-12(2)13(19-16(22)23-17(3,4)5)14(15(20)21)24-25(9,10)18(6,7)8/h12-14H,11H2,1-10H3,(H,19,22)(H,20,21)/t12-,13-,14-/m1/s1. The molecule has 0 unspecified atom stereocenters. The Morgan fingerprint density at radius 1 is 1.12 bits per heavy atom. The van der Waals surface area contributed by atoms with Crippen molar-refractivity contribution in [1.29, 1.82) is 0 Å². The largest absolute Gasteiger partial charge is 0.479 e. The number of hydrogen-bond acceptors (Lipinski definition) is 4. The van der Waals surface area contributed by atoms with E-state index in [4.69, 9.17) is 9.16 Å². The van der Waals surface area contributed by atoms with E-state index in [1.165, 1.54) is 0 Å². The van der Waals surface area contributed by atoms with Crippen molar-refractivity contribution < 1.29 is 23.9 Å². The van der Waals surface area contributed by atoms with Crippen molar-refractivity contribution in [3.63, 3.8) is 0 Å². The molecule has 0 heterocycles. The van der Waals surface area contributed by atoms with Crippen LogP contribution in [0.15, 0.2) is 0 Å². The first-order chi connectivity index (χ1) is 11.0. The summed E-state index contributed by atoms with van der Waals surface area (Å²) in [4.78, 5) is 24.1. The Kier molecular flexibility index (Phi) is 8.16. The number of carboxylic acids is 1. The van der Waals surface area contributed by atoms with Crippen molar-refractivity contribution in [1.82, 2.24) is 5.32 Å². The van der Waals surface area contributed by atoms with E-state index >= 15 is 0 Å². The number of aliphatic carboxylic acids is 1. The van der Waals surface area contributed by atoms with Crippen LogP contribution in [-0.2, 0) is 14.0 Å². The van der Waals surface area contributed by atoms with Crippen LogP contribution in [0.4, 0.5) is 4.79 Å². The summed E-state index contributed by atoms with van der Waals surface area (Å²) in [6, 6.07) is -0.661. The summed E-state index contributed by atoms with van der Waals surface area (Å²) in [6.45, 7) is 19.3. The molecule has 25 heavy (non-hydrogen) atoms. The lowest BCUT2D eigenvalue weighted by atomic mass is 9.94. The third-order valence-electron chi connectivity index (χ3n) is 4.74. The van der Waals surface area contributed by atoms with Gasteiger partial charge < -0.3 is 19.6 Å². The van der Waals surface area contributed by atoms with Crippen LogP contribution in [0.2, 0.25) is 18.1 Å². The average molecular weight is 376 g/mol. The Hall–Kier alpha value is -1.08. The first-order valence-electron chi connectivity index (χ1n) is 8.92. The molecular weight excluding hydrogens is 338 g/mol. The molecular formula is C18H37NO5Si. The molecule has 0 fully saturated rings. The minimum atomic E-state index is -2.32. The fraction of sp³-hybridized carbons (Fsp3) is 0.889. The summed E-state index contributed by atoms with van der Waals surface area (Å²) in [6.07, 6.45) is -1.02.